The van der Waals surface area contributed by atoms with Crippen molar-refractivity contribution in [2.75, 3.05) is 16.8 Å². The number of hydrogen-bond acceptors (Lipinski definition) is 6. The van der Waals surface area contributed by atoms with E-state index in [2.05, 4.69) is 31.4 Å². The summed E-state index contributed by atoms with van der Waals surface area (Å²) in [5.41, 5.74) is 5.21. The van der Waals surface area contributed by atoms with E-state index in [1.807, 2.05) is 32.9 Å². The smallest absolute Gasteiger partial charge is 0.292 e. The van der Waals surface area contributed by atoms with Crippen LogP contribution in [0.15, 0.2) is 16.5 Å². The summed E-state index contributed by atoms with van der Waals surface area (Å²) in [6.07, 6.45) is 2.96. The Hall–Kier alpha value is -2.65. The Kier molecular flexibility index (Phi) is 6.75. The van der Waals surface area contributed by atoms with Gasteiger partial charge in [-0.15, -0.1) is 11.3 Å². The van der Waals surface area contributed by atoms with Gasteiger partial charge in [-0.1, -0.05) is 20.8 Å². The SMILES string of the molecule is Cc1cc2oc(C(=O)Nc3sc4c(c3C(=O)NC3CCS(=O)(=O)C3)CCC(C(C)(C)C)C4)c(C)c2cc1C. The van der Waals surface area contributed by atoms with Gasteiger partial charge in [0, 0.05) is 21.9 Å². The Labute approximate surface area is 228 Å². The first kappa shape index (κ1) is 26.9. The standard InChI is InChI=1S/C29H36N2O5S2/c1-15-11-21-17(3)25(36-22(21)12-16(15)2)27(33)31-28-24(26(32)30-19-9-10-38(34,35)14-19)20-8-7-18(29(4,5)6)13-23(20)37-28/h11-12,18-19H,7-10,13-14H2,1-6H3,(H,30,32)(H,31,33). The first-order valence-electron chi connectivity index (χ1n) is 13.2. The van der Waals surface area contributed by atoms with Crippen molar-refractivity contribution in [1.82, 2.24) is 5.32 Å². The lowest BCUT2D eigenvalue weighted by atomic mass is 9.72. The molecule has 1 aliphatic heterocycles. The molecule has 0 radical (unpaired) electrons. The lowest BCUT2D eigenvalue weighted by molar-refractivity contribution is 0.0941. The molecule has 38 heavy (non-hydrogen) atoms. The Morgan fingerprint density at radius 3 is 2.42 bits per heavy atom. The van der Waals surface area contributed by atoms with E-state index < -0.39 is 21.8 Å². The zero-order valence-corrected chi connectivity index (χ0v) is 24.5. The van der Waals surface area contributed by atoms with Crippen LogP contribution >= 0.6 is 11.3 Å². The molecule has 3 heterocycles. The quantitative estimate of drug-likeness (QED) is 0.426. The Balaban J connectivity index is 1.49. The summed E-state index contributed by atoms with van der Waals surface area (Å²) in [6, 6.07) is 3.56. The van der Waals surface area contributed by atoms with Gasteiger partial charge in [-0.3, -0.25) is 9.59 Å². The monoisotopic (exact) mass is 556 g/mol. The van der Waals surface area contributed by atoms with Crippen LogP contribution in [0.5, 0.6) is 0 Å². The molecule has 2 aliphatic rings. The van der Waals surface area contributed by atoms with Gasteiger partial charge in [0.05, 0.1) is 17.1 Å². The summed E-state index contributed by atoms with van der Waals surface area (Å²) in [4.78, 5) is 28.2. The molecule has 1 aliphatic carbocycles. The predicted molar refractivity (Wildman–Crippen MR) is 152 cm³/mol. The maximum Gasteiger partial charge on any atom is 0.292 e. The third kappa shape index (κ3) is 5.02. The van der Waals surface area contributed by atoms with Gasteiger partial charge < -0.3 is 15.1 Å². The van der Waals surface area contributed by atoms with Gasteiger partial charge in [-0.2, -0.15) is 0 Å². The van der Waals surface area contributed by atoms with Crippen molar-refractivity contribution >= 4 is 49.0 Å². The number of furan rings is 1. The molecule has 1 fully saturated rings. The number of sulfone groups is 1. The number of fused-ring (bicyclic) bond motifs is 2. The second-order valence-corrected chi connectivity index (χ2v) is 15.4. The largest absolute Gasteiger partial charge is 0.451 e. The van der Waals surface area contributed by atoms with E-state index in [9.17, 15) is 18.0 Å². The number of benzene rings is 1. The molecule has 2 aromatic heterocycles. The van der Waals surface area contributed by atoms with Crippen LogP contribution in [-0.2, 0) is 22.7 Å². The molecule has 7 nitrogen and oxygen atoms in total. The number of anilines is 1. The fourth-order valence-corrected chi connectivity index (χ4v) is 8.67. The number of carbonyl (C=O) groups excluding carboxylic acids is 2. The molecule has 1 saturated heterocycles. The first-order valence-corrected chi connectivity index (χ1v) is 15.8. The molecule has 204 valence electrons. The van der Waals surface area contributed by atoms with Crippen molar-refractivity contribution in [1.29, 1.82) is 0 Å². The average Bonchev–Trinajstić information content (AvgIpc) is 3.45. The van der Waals surface area contributed by atoms with Crippen LogP contribution in [-0.4, -0.2) is 37.8 Å². The Bertz CT molecular complexity index is 1560. The number of amides is 2. The minimum absolute atomic E-state index is 0.0458. The van der Waals surface area contributed by atoms with Crippen LogP contribution in [0.3, 0.4) is 0 Å². The molecule has 5 rings (SSSR count). The van der Waals surface area contributed by atoms with E-state index in [1.165, 1.54) is 11.3 Å². The van der Waals surface area contributed by atoms with Gasteiger partial charge >= 0.3 is 0 Å². The van der Waals surface area contributed by atoms with E-state index in [4.69, 9.17) is 4.42 Å². The number of aryl methyl sites for hydroxylation is 3. The molecule has 2 N–H and O–H groups in total. The van der Waals surface area contributed by atoms with Gasteiger partial charge in [0.1, 0.15) is 10.6 Å². The third-order valence-corrected chi connectivity index (χ3v) is 11.2. The molecule has 2 amide bonds. The average molecular weight is 557 g/mol. The fraction of sp³-hybridized carbons (Fsp3) is 0.517. The second kappa shape index (κ2) is 9.52. The van der Waals surface area contributed by atoms with E-state index in [-0.39, 0.29) is 28.6 Å². The zero-order valence-electron chi connectivity index (χ0n) is 22.9. The van der Waals surface area contributed by atoms with Crippen LogP contribution in [0.25, 0.3) is 11.0 Å². The first-order chi connectivity index (χ1) is 17.7. The molecule has 2 atom stereocenters. The normalized spacial score (nSPS) is 20.9. The highest BCUT2D eigenvalue weighted by molar-refractivity contribution is 7.91. The van der Waals surface area contributed by atoms with Crippen LogP contribution in [0.1, 0.15) is 81.7 Å². The predicted octanol–water partition coefficient (Wildman–Crippen LogP) is 5.74. The third-order valence-electron chi connectivity index (χ3n) is 8.27. The molecule has 1 aromatic carbocycles. The van der Waals surface area contributed by atoms with Gasteiger partial charge in [0.2, 0.25) is 0 Å². The van der Waals surface area contributed by atoms with E-state index >= 15 is 0 Å². The molecule has 0 bridgehead atoms. The zero-order chi connectivity index (χ0) is 27.6. The highest BCUT2D eigenvalue weighted by Crippen LogP contribution is 2.44. The van der Waals surface area contributed by atoms with Gasteiger partial charge in [0.25, 0.3) is 11.8 Å². The van der Waals surface area contributed by atoms with Crippen molar-refractivity contribution in [3.63, 3.8) is 0 Å². The molecule has 3 aromatic rings. The summed E-state index contributed by atoms with van der Waals surface area (Å²) in [6.45, 7) is 12.6. The van der Waals surface area contributed by atoms with Crippen LogP contribution in [0, 0.1) is 32.1 Å². The van der Waals surface area contributed by atoms with Crippen molar-refractivity contribution in [2.45, 2.75) is 73.3 Å². The molecular weight excluding hydrogens is 520 g/mol. The summed E-state index contributed by atoms with van der Waals surface area (Å²) >= 11 is 1.46. The number of hydrogen-bond donors (Lipinski definition) is 2. The fourth-order valence-electron chi connectivity index (χ4n) is 5.67. The molecule has 9 heteroatoms. The van der Waals surface area contributed by atoms with E-state index in [1.54, 1.807) is 0 Å². The van der Waals surface area contributed by atoms with Crippen molar-refractivity contribution in [3.05, 3.63) is 50.6 Å². The lowest BCUT2D eigenvalue weighted by Crippen LogP contribution is -2.36. The number of rotatable bonds is 4. The van der Waals surface area contributed by atoms with Gasteiger partial charge in [-0.05, 0) is 86.6 Å². The maximum atomic E-state index is 13.6. The highest BCUT2D eigenvalue weighted by Gasteiger charge is 2.36. The lowest BCUT2D eigenvalue weighted by Gasteiger charge is -2.33. The minimum atomic E-state index is -3.13. The van der Waals surface area contributed by atoms with E-state index in [0.717, 1.165) is 51.8 Å². The van der Waals surface area contributed by atoms with Crippen molar-refractivity contribution < 1.29 is 22.4 Å². The number of carbonyl (C=O) groups is 2. The Morgan fingerprint density at radius 2 is 1.76 bits per heavy atom. The van der Waals surface area contributed by atoms with Crippen molar-refractivity contribution in [3.8, 4) is 0 Å². The maximum absolute atomic E-state index is 13.6. The number of nitrogens with one attached hydrogen (secondary N) is 2. The van der Waals surface area contributed by atoms with Crippen LogP contribution < -0.4 is 10.6 Å². The summed E-state index contributed by atoms with van der Waals surface area (Å²) in [5.74, 6) is 0.0324. The second-order valence-electron chi connectivity index (χ2n) is 12.0. The Morgan fingerprint density at radius 1 is 1.05 bits per heavy atom. The molecule has 0 saturated carbocycles. The summed E-state index contributed by atoms with van der Waals surface area (Å²) in [5, 5.41) is 7.34. The summed E-state index contributed by atoms with van der Waals surface area (Å²) in [7, 11) is -3.13. The van der Waals surface area contributed by atoms with Gasteiger partial charge in [-0.25, -0.2) is 8.42 Å². The molecule has 0 spiro atoms. The van der Waals surface area contributed by atoms with Gasteiger partial charge in [0.15, 0.2) is 15.6 Å². The molecule has 2 unspecified atom stereocenters. The number of thiophene rings is 1. The molecular formula is C29H36N2O5S2. The minimum Gasteiger partial charge on any atom is -0.451 e. The highest BCUT2D eigenvalue weighted by atomic mass is 32.2. The van der Waals surface area contributed by atoms with Crippen molar-refractivity contribution in [2.24, 2.45) is 11.3 Å². The topological polar surface area (TPSA) is 105 Å². The summed E-state index contributed by atoms with van der Waals surface area (Å²) < 4.78 is 29.9. The van der Waals surface area contributed by atoms with E-state index in [0.29, 0.717) is 28.5 Å². The van der Waals surface area contributed by atoms with Crippen LogP contribution in [0.4, 0.5) is 5.00 Å². The van der Waals surface area contributed by atoms with Crippen LogP contribution in [0.2, 0.25) is 0 Å².